The van der Waals surface area contributed by atoms with Crippen molar-refractivity contribution in [1.82, 2.24) is 4.98 Å². The minimum Gasteiger partial charge on any atom is -0.550 e. The van der Waals surface area contributed by atoms with Gasteiger partial charge in [0.1, 0.15) is 0 Å². The van der Waals surface area contributed by atoms with Gasteiger partial charge in [0.25, 0.3) is 0 Å². The van der Waals surface area contributed by atoms with E-state index in [1.807, 2.05) is 42.5 Å². The minimum atomic E-state index is -0.994. The number of aromatic nitrogens is 1. The Bertz CT molecular complexity index is 1630. The fourth-order valence-corrected chi connectivity index (χ4v) is 6.94. The maximum absolute atomic E-state index is 13.7. The van der Waals surface area contributed by atoms with Gasteiger partial charge in [0.15, 0.2) is 11.6 Å². The van der Waals surface area contributed by atoms with Crippen LogP contribution in [0, 0.1) is 17.0 Å². The molecule has 8 heteroatoms. The molecule has 1 aliphatic rings. The molecule has 0 radical (unpaired) electrons. The van der Waals surface area contributed by atoms with Crippen LogP contribution in [0.1, 0.15) is 72.7 Å². The Morgan fingerprint density at radius 1 is 1.05 bits per heavy atom. The molecule has 0 amide bonds. The summed E-state index contributed by atoms with van der Waals surface area (Å²) in [6.45, 7) is 3.59. The van der Waals surface area contributed by atoms with E-state index >= 15 is 0 Å². The summed E-state index contributed by atoms with van der Waals surface area (Å²) in [7, 11) is 0. The zero-order chi connectivity index (χ0) is 29.9. The maximum Gasteiger partial charge on any atom is 1.00 e. The summed E-state index contributed by atoms with van der Waals surface area (Å²) in [6.07, 6.45) is 7.28. The first-order valence-corrected chi connectivity index (χ1v) is 15.2. The van der Waals surface area contributed by atoms with E-state index in [2.05, 4.69) is 23.2 Å². The van der Waals surface area contributed by atoms with Crippen molar-refractivity contribution in [2.45, 2.75) is 56.8 Å². The second kappa shape index (κ2) is 14.0. The minimum absolute atomic E-state index is 0. The van der Waals surface area contributed by atoms with Crippen molar-refractivity contribution in [1.29, 1.82) is 0 Å². The molecule has 1 atom stereocenters. The molecule has 4 nitrogen and oxygen atoms in total. The largest absolute Gasteiger partial charge is 1.00 e. The average Bonchev–Trinajstić information content (AvgIpc) is 3.71. The summed E-state index contributed by atoms with van der Waals surface area (Å²) in [5, 5.41) is 22.7. The van der Waals surface area contributed by atoms with Crippen LogP contribution in [0.3, 0.4) is 0 Å². The van der Waals surface area contributed by atoms with Gasteiger partial charge in [-0.3, -0.25) is 0 Å². The van der Waals surface area contributed by atoms with Crippen molar-refractivity contribution in [2.24, 2.45) is 5.41 Å². The summed E-state index contributed by atoms with van der Waals surface area (Å²) in [4.78, 5) is 15.8. The maximum atomic E-state index is 13.7. The third kappa shape index (κ3) is 8.77. The molecule has 218 valence electrons. The molecule has 0 saturated heterocycles. The number of hydrogen-bond acceptors (Lipinski definition) is 5. The Morgan fingerprint density at radius 2 is 1.79 bits per heavy atom. The van der Waals surface area contributed by atoms with E-state index in [0.717, 1.165) is 65.8 Å². The van der Waals surface area contributed by atoms with Crippen LogP contribution in [0.25, 0.3) is 23.1 Å². The van der Waals surface area contributed by atoms with Gasteiger partial charge in [-0.25, -0.2) is 13.8 Å². The molecule has 5 rings (SSSR count). The van der Waals surface area contributed by atoms with Gasteiger partial charge < -0.3 is 15.0 Å². The number of aliphatic carboxylic acids is 1. The zero-order valence-corrected chi connectivity index (χ0v) is 27.6. The predicted molar refractivity (Wildman–Crippen MR) is 164 cm³/mol. The first-order valence-electron chi connectivity index (χ1n) is 14.2. The first kappa shape index (κ1) is 33.3. The number of aliphatic hydroxyl groups is 1. The molecule has 4 aromatic rings. The number of thioether (sulfide) groups is 1. The van der Waals surface area contributed by atoms with Gasteiger partial charge >= 0.3 is 29.6 Å². The van der Waals surface area contributed by atoms with Gasteiger partial charge in [0.2, 0.25) is 0 Å². The zero-order valence-electron chi connectivity index (χ0n) is 24.8. The number of carboxylic acid groups (broad SMARTS) is 1. The average molecular weight is 610 g/mol. The van der Waals surface area contributed by atoms with E-state index in [4.69, 9.17) is 0 Å². The van der Waals surface area contributed by atoms with Gasteiger partial charge in [-0.2, -0.15) is 11.8 Å². The van der Waals surface area contributed by atoms with Crippen LogP contribution >= 0.6 is 11.8 Å². The van der Waals surface area contributed by atoms with Crippen molar-refractivity contribution in [3.05, 3.63) is 112 Å². The number of fused-ring (bicyclic) bond motifs is 1. The molecule has 1 aliphatic carbocycles. The van der Waals surface area contributed by atoms with E-state index in [-0.39, 0.29) is 46.6 Å². The number of pyridine rings is 1. The first-order chi connectivity index (χ1) is 20.0. The van der Waals surface area contributed by atoms with E-state index in [1.54, 1.807) is 37.7 Å². The van der Waals surface area contributed by atoms with Crippen molar-refractivity contribution in [3.63, 3.8) is 0 Å². The second-order valence-electron chi connectivity index (χ2n) is 11.8. The summed E-state index contributed by atoms with van der Waals surface area (Å²) in [6, 6.07) is 21.9. The van der Waals surface area contributed by atoms with Gasteiger partial charge in [-0.05, 0) is 97.6 Å². The van der Waals surface area contributed by atoms with E-state index in [1.165, 1.54) is 0 Å². The molecule has 3 aromatic carbocycles. The van der Waals surface area contributed by atoms with Crippen LogP contribution in [0.2, 0.25) is 0 Å². The third-order valence-corrected chi connectivity index (χ3v) is 9.59. The number of nitrogens with zero attached hydrogens (tertiary/aromatic N) is 1. The Kier molecular flexibility index (Phi) is 10.9. The standard InChI is InChI=1S/C35H35F2NO3S.Na/c1-34(2,41)28-9-4-3-7-24(28)12-15-32(42-22-35(16-17-35)21-33(39)40)26-8-5-6-23(18-26)10-13-27-14-11-25-19-29(36)30(37)20-31(25)38-27;/h3-11,13-14,18-20,32,41H,12,15-17,21-22H2,1-2H3,(H,39,40);/q;+1/p-1/b13-10+;. The van der Waals surface area contributed by atoms with Crippen LogP contribution in [0.4, 0.5) is 8.78 Å². The van der Waals surface area contributed by atoms with Crippen LogP contribution in [0.15, 0.2) is 72.8 Å². The van der Waals surface area contributed by atoms with Crippen molar-refractivity contribution >= 4 is 40.8 Å². The molecule has 1 fully saturated rings. The number of halogens is 2. The van der Waals surface area contributed by atoms with Gasteiger partial charge in [-0.1, -0.05) is 60.7 Å². The van der Waals surface area contributed by atoms with Crippen LogP contribution < -0.4 is 34.7 Å². The van der Waals surface area contributed by atoms with Crippen LogP contribution in [-0.2, 0) is 16.8 Å². The molecular formula is C35H34F2NNaO3S. The Balaban J connectivity index is 0.00000423. The Morgan fingerprint density at radius 3 is 2.51 bits per heavy atom. The predicted octanol–water partition coefficient (Wildman–Crippen LogP) is 4.24. The Labute approximate surface area is 277 Å². The van der Waals surface area contributed by atoms with E-state index in [0.29, 0.717) is 16.6 Å². The molecule has 0 spiro atoms. The molecule has 1 heterocycles. The van der Waals surface area contributed by atoms with Crippen LogP contribution in [0.5, 0.6) is 0 Å². The number of carboxylic acids is 1. The van der Waals surface area contributed by atoms with Gasteiger partial charge in [0, 0.05) is 22.7 Å². The fourth-order valence-electron chi connectivity index (χ4n) is 5.37. The third-order valence-electron chi connectivity index (χ3n) is 7.90. The Hall–Kier alpha value is -2.55. The molecule has 1 saturated carbocycles. The summed E-state index contributed by atoms with van der Waals surface area (Å²) >= 11 is 1.79. The number of aryl methyl sites for hydroxylation is 1. The van der Waals surface area contributed by atoms with E-state index < -0.39 is 23.2 Å². The molecule has 1 N–H and O–H groups in total. The number of rotatable bonds is 12. The van der Waals surface area contributed by atoms with Gasteiger partial charge in [-0.15, -0.1) is 0 Å². The fraction of sp³-hybridized carbons (Fsp3) is 0.314. The molecule has 0 aliphatic heterocycles. The van der Waals surface area contributed by atoms with Crippen molar-refractivity contribution in [2.75, 3.05) is 5.75 Å². The topological polar surface area (TPSA) is 73.2 Å². The summed E-state index contributed by atoms with van der Waals surface area (Å²) in [5.41, 5.74) is 3.99. The molecule has 1 aromatic heterocycles. The number of carbonyl (C=O) groups excluding carboxylic acids is 1. The summed E-state index contributed by atoms with van der Waals surface area (Å²) < 4.78 is 27.3. The molecule has 1 unspecified atom stereocenters. The number of benzene rings is 3. The smallest absolute Gasteiger partial charge is 0.550 e. The number of hydrogen-bond donors (Lipinski definition) is 1. The monoisotopic (exact) mass is 609 g/mol. The normalized spacial score (nSPS) is 14.9. The quantitative estimate of drug-likeness (QED) is 0.244. The molecule has 43 heavy (non-hydrogen) atoms. The van der Waals surface area contributed by atoms with E-state index in [9.17, 15) is 23.8 Å². The van der Waals surface area contributed by atoms with Gasteiger partial charge in [0.05, 0.1) is 16.8 Å². The summed E-state index contributed by atoms with van der Waals surface area (Å²) in [5.74, 6) is -2.07. The second-order valence-corrected chi connectivity index (χ2v) is 13.0. The van der Waals surface area contributed by atoms with Crippen LogP contribution in [-0.4, -0.2) is 21.8 Å². The number of carbonyl (C=O) groups is 1. The SMILES string of the molecule is CC(C)(O)c1ccccc1CCC(SCC1(CC(=O)[O-])CC1)c1cccc(/C=C/c2ccc3cc(F)c(F)cc3n2)c1.[Na+]. The molecule has 0 bridgehead atoms. The van der Waals surface area contributed by atoms with Crippen molar-refractivity contribution < 1.29 is 53.3 Å². The molecular weight excluding hydrogens is 575 g/mol. The van der Waals surface area contributed by atoms with Crippen molar-refractivity contribution in [3.8, 4) is 0 Å².